The van der Waals surface area contributed by atoms with E-state index in [4.69, 9.17) is 19.4 Å². The molecule has 2 N–H and O–H groups in total. The van der Waals surface area contributed by atoms with Gasteiger partial charge in [-0.15, -0.1) is 0 Å². The topological polar surface area (TPSA) is 91.2 Å². The first kappa shape index (κ1) is 30.3. The molecule has 1 aromatic heterocycles. The summed E-state index contributed by atoms with van der Waals surface area (Å²) in [5.41, 5.74) is 1.88. The van der Waals surface area contributed by atoms with Crippen LogP contribution in [-0.4, -0.2) is 63.2 Å². The lowest BCUT2D eigenvalue weighted by molar-refractivity contribution is -0.162. The number of aliphatic hydroxyl groups excluding tert-OH is 1. The second kappa shape index (κ2) is 13.9. The molecule has 0 amide bonds. The van der Waals surface area contributed by atoms with Crippen LogP contribution >= 0.6 is 0 Å². The van der Waals surface area contributed by atoms with E-state index in [0.717, 1.165) is 49.7 Å². The molecule has 1 unspecified atom stereocenters. The van der Waals surface area contributed by atoms with Gasteiger partial charge >= 0.3 is 0 Å². The third kappa shape index (κ3) is 7.85. The Morgan fingerprint density at radius 3 is 1.98 bits per heavy atom. The zero-order valence-electron chi connectivity index (χ0n) is 25.4. The summed E-state index contributed by atoms with van der Waals surface area (Å²) in [6.45, 7) is 6.20. The fraction of sp³-hybridized carbons (Fsp3) is 0.243. The van der Waals surface area contributed by atoms with Gasteiger partial charge in [0.25, 0.3) is 0 Å². The Bertz CT molecular complexity index is 1650. The van der Waals surface area contributed by atoms with Crippen molar-refractivity contribution in [3.05, 3.63) is 132 Å². The maximum Gasteiger partial charge on any atom is 0.224 e. The number of para-hydroxylation sites is 1. The van der Waals surface area contributed by atoms with E-state index in [9.17, 15) is 10.2 Å². The zero-order valence-corrected chi connectivity index (χ0v) is 25.4. The number of nitrogens with zero attached hydrogens (tertiary/aromatic N) is 4. The lowest BCUT2D eigenvalue weighted by Crippen LogP contribution is -2.46. The summed E-state index contributed by atoms with van der Waals surface area (Å²) in [5, 5.41) is 20.3. The number of anilines is 1. The first-order valence-corrected chi connectivity index (χ1v) is 15.3. The van der Waals surface area contributed by atoms with Gasteiger partial charge in [0, 0.05) is 50.8 Å². The number of hydrogen-bond donors (Lipinski definition) is 2. The largest absolute Gasteiger partial charge is 0.482 e. The van der Waals surface area contributed by atoms with Crippen LogP contribution in [0, 0.1) is 0 Å². The van der Waals surface area contributed by atoms with E-state index in [0.29, 0.717) is 23.2 Å². The van der Waals surface area contributed by atoms with Crippen LogP contribution in [-0.2, 0) is 13.0 Å². The van der Waals surface area contributed by atoms with Crippen LogP contribution in [0.1, 0.15) is 18.1 Å². The second-order valence-electron chi connectivity index (χ2n) is 11.5. The second-order valence-corrected chi connectivity index (χ2v) is 11.5. The van der Waals surface area contributed by atoms with Gasteiger partial charge in [-0.2, -0.15) is 4.98 Å². The zero-order chi connectivity index (χ0) is 31.1. The summed E-state index contributed by atoms with van der Waals surface area (Å²) in [5.74, 6) is 3.09. The van der Waals surface area contributed by atoms with E-state index in [-0.39, 0.29) is 6.42 Å². The minimum atomic E-state index is -1.68. The summed E-state index contributed by atoms with van der Waals surface area (Å²) in [7, 11) is 0. The Hall–Kier alpha value is -4.76. The van der Waals surface area contributed by atoms with E-state index in [1.54, 1.807) is 19.1 Å². The fourth-order valence-electron chi connectivity index (χ4n) is 5.46. The molecule has 0 aliphatic carbocycles. The van der Waals surface area contributed by atoms with Gasteiger partial charge in [-0.3, -0.25) is 4.90 Å². The molecule has 4 aromatic carbocycles. The Balaban J connectivity index is 1.17. The lowest BCUT2D eigenvalue weighted by atomic mass is 9.95. The molecule has 1 aliphatic rings. The predicted molar refractivity (Wildman–Crippen MR) is 175 cm³/mol. The first-order valence-electron chi connectivity index (χ1n) is 15.3. The van der Waals surface area contributed by atoms with Crippen molar-refractivity contribution >= 4 is 5.82 Å². The Labute approximate surface area is 264 Å². The molecule has 5 aromatic rings. The Kier molecular flexibility index (Phi) is 9.35. The molecule has 1 saturated heterocycles. The smallest absolute Gasteiger partial charge is 0.224 e. The molecule has 1 aliphatic heterocycles. The third-order valence-electron chi connectivity index (χ3n) is 8.01. The van der Waals surface area contributed by atoms with E-state index in [1.807, 2.05) is 78.9 Å². The van der Waals surface area contributed by atoms with Crippen molar-refractivity contribution < 1.29 is 19.7 Å². The average molecular weight is 603 g/mol. The number of rotatable bonds is 11. The lowest BCUT2D eigenvalue weighted by Gasteiger charge is -2.35. The number of aromatic nitrogens is 2. The van der Waals surface area contributed by atoms with Crippen molar-refractivity contribution in [3.63, 3.8) is 0 Å². The van der Waals surface area contributed by atoms with Gasteiger partial charge in [-0.1, -0.05) is 91.0 Å². The van der Waals surface area contributed by atoms with Gasteiger partial charge in [0.1, 0.15) is 17.3 Å². The molecule has 1 atom stereocenters. The van der Waals surface area contributed by atoms with Crippen molar-refractivity contribution in [2.24, 2.45) is 0 Å². The highest BCUT2D eigenvalue weighted by atomic mass is 16.6. The van der Waals surface area contributed by atoms with Crippen molar-refractivity contribution in [1.29, 1.82) is 0 Å². The molecule has 0 bridgehead atoms. The Morgan fingerprint density at radius 1 is 0.711 bits per heavy atom. The van der Waals surface area contributed by atoms with Gasteiger partial charge in [-0.25, -0.2) is 4.98 Å². The first-order chi connectivity index (χ1) is 21.9. The van der Waals surface area contributed by atoms with Crippen LogP contribution in [0.4, 0.5) is 5.82 Å². The van der Waals surface area contributed by atoms with E-state index < -0.39 is 11.9 Å². The molecule has 230 valence electrons. The standard InChI is InChI=1S/C37H38N4O4/c1-37(36(42)43,45-32-15-9-4-10-16-32)26-28-17-19-31(20-18-28)44-34-25-33(38-35(39-34)30-13-7-3-8-14-30)41-23-21-40(22-24-41)27-29-11-5-2-6-12-29/h2-20,25,36,42-43H,21-24,26-27H2,1H3. The summed E-state index contributed by atoms with van der Waals surface area (Å²) in [6.07, 6.45) is -1.39. The van der Waals surface area contributed by atoms with Crippen molar-refractivity contribution in [2.75, 3.05) is 31.1 Å². The molecule has 2 heterocycles. The van der Waals surface area contributed by atoms with Gasteiger partial charge in [-0.05, 0) is 42.3 Å². The predicted octanol–water partition coefficient (Wildman–Crippen LogP) is 5.95. The van der Waals surface area contributed by atoms with Crippen LogP contribution in [0.15, 0.2) is 121 Å². The van der Waals surface area contributed by atoms with E-state index in [1.165, 1.54) is 5.56 Å². The van der Waals surface area contributed by atoms with Crippen LogP contribution in [0.2, 0.25) is 0 Å². The highest BCUT2D eigenvalue weighted by Crippen LogP contribution is 2.30. The number of hydrogen-bond acceptors (Lipinski definition) is 8. The van der Waals surface area contributed by atoms with Gasteiger partial charge in [0.2, 0.25) is 5.88 Å². The van der Waals surface area contributed by atoms with Crippen molar-refractivity contribution in [3.8, 4) is 28.8 Å². The molecule has 0 spiro atoms. The summed E-state index contributed by atoms with van der Waals surface area (Å²) < 4.78 is 12.3. The molecule has 8 heteroatoms. The maximum atomic E-state index is 10.2. The van der Waals surface area contributed by atoms with Crippen LogP contribution in [0.25, 0.3) is 11.4 Å². The molecule has 1 fully saturated rings. The minimum absolute atomic E-state index is 0.284. The van der Waals surface area contributed by atoms with Gasteiger partial charge in [0.15, 0.2) is 17.7 Å². The quantitative estimate of drug-likeness (QED) is 0.179. The van der Waals surface area contributed by atoms with Crippen molar-refractivity contribution in [2.45, 2.75) is 31.8 Å². The molecule has 6 rings (SSSR count). The third-order valence-corrected chi connectivity index (χ3v) is 8.01. The maximum absolute atomic E-state index is 10.2. The number of aliphatic hydroxyl groups is 2. The Morgan fingerprint density at radius 2 is 1.33 bits per heavy atom. The van der Waals surface area contributed by atoms with Crippen molar-refractivity contribution in [1.82, 2.24) is 14.9 Å². The molecular weight excluding hydrogens is 564 g/mol. The van der Waals surface area contributed by atoms with Gasteiger partial charge < -0.3 is 24.6 Å². The highest BCUT2D eigenvalue weighted by molar-refractivity contribution is 5.59. The van der Waals surface area contributed by atoms with Gasteiger partial charge in [0.05, 0.1) is 0 Å². The summed E-state index contributed by atoms with van der Waals surface area (Å²) in [6, 6.07) is 39.1. The number of benzene rings is 4. The monoisotopic (exact) mass is 602 g/mol. The SMILES string of the molecule is CC(Cc1ccc(Oc2cc(N3CCN(Cc4ccccc4)CC3)nc(-c3ccccc3)n2)cc1)(Oc1ccccc1)C(O)O. The van der Waals surface area contributed by atoms with Crippen LogP contribution in [0.5, 0.6) is 17.4 Å². The molecule has 0 saturated carbocycles. The highest BCUT2D eigenvalue weighted by Gasteiger charge is 2.34. The van der Waals surface area contributed by atoms with E-state index >= 15 is 0 Å². The molecule has 8 nitrogen and oxygen atoms in total. The molecule has 0 radical (unpaired) electrons. The molecular formula is C37H38N4O4. The fourth-order valence-corrected chi connectivity index (χ4v) is 5.46. The van der Waals surface area contributed by atoms with Crippen LogP contribution < -0.4 is 14.4 Å². The van der Waals surface area contributed by atoms with Crippen LogP contribution in [0.3, 0.4) is 0 Å². The summed E-state index contributed by atoms with van der Waals surface area (Å²) in [4.78, 5) is 14.5. The van der Waals surface area contributed by atoms with E-state index in [2.05, 4.69) is 40.1 Å². The number of ether oxygens (including phenoxy) is 2. The minimum Gasteiger partial charge on any atom is -0.482 e. The molecule has 45 heavy (non-hydrogen) atoms. The average Bonchev–Trinajstić information content (AvgIpc) is 3.07. The summed E-state index contributed by atoms with van der Waals surface area (Å²) >= 11 is 0. The number of piperazine rings is 1. The normalized spacial score (nSPS) is 15.1.